The third-order valence-corrected chi connectivity index (χ3v) is 2.16. The van der Waals surface area contributed by atoms with Crippen LogP contribution in [0, 0.1) is 5.82 Å². The van der Waals surface area contributed by atoms with E-state index in [1.165, 1.54) is 6.07 Å². The quantitative estimate of drug-likeness (QED) is 0.860. The number of anilines is 1. The van der Waals surface area contributed by atoms with Gasteiger partial charge in [0.05, 0.1) is 0 Å². The summed E-state index contributed by atoms with van der Waals surface area (Å²) in [7, 11) is 0. The number of nitrogen functional groups attached to an aromatic ring is 1. The Morgan fingerprint density at radius 1 is 1.25 bits per heavy atom. The van der Waals surface area contributed by atoms with Crippen LogP contribution in [0.2, 0.25) is 0 Å². The summed E-state index contributed by atoms with van der Waals surface area (Å²) >= 11 is 0. The number of hydrogen-bond acceptors (Lipinski definition) is 3. The van der Waals surface area contributed by atoms with E-state index in [2.05, 4.69) is 4.98 Å². The van der Waals surface area contributed by atoms with Gasteiger partial charge in [0, 0.05) is 23.6 Å². The summed E-state index contributed by atoms with van der Waals surface area (Å²) < 4.78 is 18.5. The van der Waals surface area contributed by atoms with Gasteiger partial charge in [-0.1, -0.05) is 12.1 Å². The van der Waals surface area contributed by atoms with Gasteiger partial charge in [-0.15, -0.1) is 0 Å². The van der Waals surface area contributed by atoms with E-state index in [1.807, 2.05) is 0 Å². The van der Waals surface area contributed by atoms with Crippen molar-refractivity contribution in [2.75, 3.05) is 5.73 Å². The van der Waals surface area contributed by atoms with E-state index in [0.717, 1.165) is 5.56 Å². The van der Waals surface area contributed by atoms with Gasteiger partial charge in [0.2, 0.25) is 0 Å². The molecule has 16 heavy (non-hydrogen) atoms. The first-order valence-corrected chi connectivity index (χ1v) is 4.83. The molecule has 3 nitrogen and oxygen atoms in total. The molecular formula is C12H11FN2O. The van der Waals surface area contributed by atoms with Crippen molar-refractivity contribution in [3.63, 3.8) is 0 Å². The molecule has 0 spiro atoms. The molecule has 0 aliphatic heterocycles. The van der Waals surface area contributed by atoms with Gasteiger partial charge in [-0.05, 0) is 18.2 Å². The lowest BCUT2D eigenvalue weighted by Crippen LogP contribution is -2.01. The van der Waals surface area contributed by atoms with Gasteiger partial charge in [-0.2, -0.15) is 0 Å². The minimum atomic E-state index is -0.384. The van der Waals surface area contributed by atoms with E-state index in [4.69, 9.17) is 10.5 Å². The predicted molar refractivity (Wildman–Crippen MR) is 59.4 cm³/mol. The van der Waals surface area contributed by atoms with E-state index in [1.54, 1.807) is 36.7 Å². The second-order valence-electron chi connectivity index (χ2n) is 3.29. The standard InChI is InChI=1S/C12H11FN2O/c13-10-3-1-2-4-12(10)16-8-9-7-15-6-5-11(9)14/h1-7H,8H2,(H2,14,15). The smallest absolute Gasteiger partial charge is 0.165 e. The van der Waals surface area contributed by atoms with Crippen LogP contribution in [0.3, 0.4) is 0 Å². The lowest BCUT2D eigenvalue weighted by atomic mass is 10.2. The summed E-state index contributed by atoms with van der Waals surface area (Å²) in [6, 6.07) is 7.93. The molecule has 0 unspecified atom stereocenters. The van der Waals surface area contributed by atoms with Gasteiger partial charge < -0.3 is 10.5 Å². The molecular weight excluding hydrogens is 207 g/mol. The highest BCUT2D eigenvalue weighted by atomic mass is 19.1. The molecule has 0 aliphatic rings. The van der Waals surface area contributed by atoms with Crippen LogP contribution in [0.15, 0.2) is 42.7 Å². The van der Waals surface area contributed by atoms with Crippen LogP contribution in [0.4, 0.5) is 10.1 Å². The summed E-state index contributed by atoms with van der Waals surface area (Å²) in [5.41, 5.74) is 7.04. The zero-order valence-electron chi connectivity index (χ0n) is 8.56. The van der Waals surface area contributed by atoms with Crippen molar-refractivity contribution < 1.29 is 9.13 Å². The lowest BCUT2D eigenvalue weighted by Gasteiger charge is -2.08. The van der Waals surface area contributed by atoms with Gasteiger partial charge in [-0.25, -0.2) is 4.39 Å². The minimum absolute atomic E-state index is 0.209. The average molecular weight is 218 g/mol. The molecule has 0 saturated heterocycles. The van der Waals surface area contributed by atoms with Crippen LogP contribution in [0.5, 0.6) is 5.75 Å². The maximum absolute atomic E-state index is 13.2. The number of rotatable bonds is 3. The Balaban J connectivity index is 2.09. The molecule has 0 bridgehead atoms. The van der Waals surface area contributed by atoms with E-state index >= 15 is 0 Å². The zero-order chi connectivity index (χ0) is 11.4. The monoisotopic (exact) mass is 218 g/mol. The summed E-state index contributed by atoms with van der Waals surface area (Å²) in [6.07, 6.45) is 3.21. The van der Waals surface area contributed by atoms with E-state index in [-0.39, 0.29) is 18.2 Å². The number of benzene rings is 1. The molecule has 0 fully saturated rings. The highest BCUT2D eigenvalue weighted by Crippen LogP contribution is 2.18. The highest BCUT2D eigenvalue weighted by Gasteiger charge is 2.03. The third kappa shape index (κ3) is 2.28. The Hall–Kier alpha value is -2.10. The highest BCUT2D eigenvalue weighted by molar-refractivity contribution is 5.44. The Morgan fingerprint density at radius 3 is 2.81 bits per heavy atom. The maximum Gasteiger partial charge on any atom is 0.165 e. The zero-order valence-corrected chi connectivity index (χ0v) is 8.56. The maximum atomic E-state index is 13.2. The number of pyridine rings is 1. The Bertz CT molecular complexity index is 442. The SMILES string of the molecule is Nc1ccncc1COc1ccccc1F. The third-order valence-electron chi connectivity index (χ3n) is 2.16. The molecule has 4 heteroatoms. The normalized spacial score (nSPS) is 10.1. The van der Waals surface area contributed by atoms with E-state index < -0.39 is 0 Å². The molecule has 0 saturated carbocycles. The number of ether oxygens (including phenoxy) is 1. The number of nitrogens with two attached hydrogens (primary N) is 1. The van der Waals surface area contributed by atoms with Crippen molar-refractivity contribution in [2.45, 2.75) is 6.61 Å². The van der Waals surface area contributed by atoms with Crippen LogP contribution in [-0.4, -0.2) is 4.98 Å². The van der Waals surface area contributed by atoms with Gasteiger partial charge in [0.1, 0.15) is 6.61 Å². The molecule has 1 heterocycles. The second-order valence-corrected chi connectivity index (χ2v) is 3.29. The molecule has 2 rings (SSSR count). The summed E-state index contributed by atoms with van der Waals surface area (Å²) in [5.74, 6) is -0.171. The fourth-order valence-corrected chi connectivity index (χ4v) is 1.28. The van der Waals surface area contributed by atoms with Gasteiger partial charge in [0.15, 0.2) is 11.6 Å². The van der Waals surface area contributed by atoms with Gasteiger partial charge >= 0.3 is 0 Å². The molecule has 2 aromatic rings. The van der Waals surface area contributed by atoms with Crippen LogP contribution in [-0.2, 0) is 6.61 Å². The topological polar surface area (TPSA) is 48.1 Å². The van der Waals surface area contributed by atoms with Gasteiger partial charge in [-0.3, -0.25) is 4.98 Å². The molecule has 0 radical (unpaired) electrons. The largest absolute Gasteiger partial charge is 0.486 e. The predicted octanol–water partition coefficient (Wildman–Crippen LogP) is 2.38. The number of aromatic nitrogens is 1. The first-order chi connectivity index (χ1) is 7.77. The van der Waals surface area contributed by atoms with E-state index in [0.29, 0.717) is 5.69 Å². The number of hydrogen-bond donors (Lipinski definition) is 1. The van der Waals surface area contributed by atoms with Crippen LogP contribution in [0.1, 0.15) is 5.56 Å². The Morgan fingerprint density at radius 2 is 2.06 bits per heavy atom. The molecule has 2 N–H and O–H groups in total. The Labute approximate surface area is 92.7 Å². The van der Waals surface area contributed by atoms with Crippen LogP contribution in [0.25, 0.3) is 0 Å². The number of nitrogens with zero attached hydrogens (tertiary/aromatic N) is 1. The van der Waals surface area contributed by atoms with Crippen molar-refractivity contribution in [2.24, 2.45) is 0 Å². The fraction of sp³-hybridized carbons (Fsp3) is 0.0833. The number of halogens is 1. The Kier molecular flexibility index (Phi) is 3.00. The van der Waals surface area contributed by atoms with Crippen LogP contribution < -0.4 is 10.5 Å². The summed E-state index contributed by atoms with van der Waals surface area (Å²) in [6.45, 7) is 0.209. The summed E-state index contributed by atoms with van der Waals surface area (Å²) in [5, 5.41) is 0. The van der Waals surface area contributed by atoms with Crippen molar-refractivity contribution in [1.29, 1.82) is 0 Å². The molecule has 1 aromatic heterocycles. The summed E-state index contributed by atoms with van der Waals surface area (Å²) in [4.78, 5) is 3.93. The molecule has 1 aromatic carbocycles. The van der Waals surface area contributed by atoms with Gasteiger partial charge in [0.25, 0.3) is 0 Å². The van der Waals surface area contributed by atoms with Crippen molar-refractivity contribution in [3.8, 4) is 5.75 Å². The molecule has 0 amide bonds. The second kappa shape index (κ2) is 4.61. The number of para-hydroxylation sites is 1. The van der Waals surface area contributed by atoms with Crippen molar-refractivity contribution in [1.82, 2.24) is 4.98 Å². The van der Waals surface area contributed by atoms with Crippen molar-refractivity contribution >= 4 is 5.69 Å². The lowest BCUT2D eigenvalue weighted by molar-refractivity contribution is 0.290. The molecule has 82 valence electrons. The molecule has 0 atom stereocenters. The molecule has 0 aliphatic carbocycles. The average Bonchev–Trinajstić information content (AvgIpc) is 2.30. The first kappa shape index (κ1) is 10.4. The fourth-order valence-electron chi connectivity index (χ4n) is 1.28. The van der Waals surface area contributed by atoms with E-state index in [9.17, 15) is 4.39 Å². The van der Waals surface area contributed by atoms with Crippen LogP contribution >= 0.6 is 0 Å². The minimum Gasteiger partial charge on any atom is -0.486 e. The first-order valence-electron chi connectivity index (χ1n) is 4.83. The van der Waals surface area contributed by atoms with Crippen molar-refractivity contribution in [3.05, 3.63) is 54.1 Å².